The van der Waals surface area contributed by atoms with Gasteiger partial charge in [0, 0.05) is 11.5 Å². The van der Waals surface area contributed by atoms with E-state index in [9.17, 15) is 4.79 Å². The molecule has 138 valence electrons. The molecule has 4 nitrogen and oxygen atoms in total. The summed E-state index contributed by atoms with van der Waals surface area (Å²) in [5, 5.41) is 9.50. The monoisotopic (exact) mass is 377 g/mol. The highest BCUT2D eigenvalue weighted by Gasteiger charge is 2.31. The summed E-state index contributed by atoms with van der Waals surface area (Å²) < 4.78 is 2.19. The highest BCUT2D eigenvalue weighted by Crippen LogP contribution is 2.40. The molecule has 0 amide bonds. The number of ketones is 1. The molecule has 0 bridgehead atoms. The minimum absolute atomic E-state index is 0.127. The maximum atomic E-state index is 12.8. The molecule has 4 rings (SSSR count). The molecule has 0 N–H and O–H groups in total. The number of carbonyl (C=O) groups excluding carboxylic acids is 1. The van der Waals surface area contributed by atoms with E-state index in [1.54, 1.807) is 0 Å². The molecule has 0 saturated heterocycles. The first-order valence-electron chi connectivity index (χ1n) is 9.36. The van der Waals surface area contributed by atoms with Crippen molar-refractivity contribution in [3.05, 3.63) is 77.1 Å². The summed E-state index contributed by atoms with van der Waals surface area (Å²) in [4.78, 5) is 12.8. The number of Topliss-reactive ketones (excluding diaryl/α,β-unsaturated/α-hetero) is 1. The van der Waals surface area contributed by atoms with Crippen LogP contribution in [0.4, 0.5) is 0 Å². The van der Waals surface area contributed by atoms with E-state index in [0.29, 0.717) is 5.92 Å². The van der Waals surface area contributed by atoms with Crippen LogP contribution in [0.15, 0.2) is 59.8 Å². The summed E-state index contributed by atoms with van der Waals surface area (Å²) in [7, 11) is 0. The van der Waals surface area contributed by atoms with E-state index in [0.717, 1.165) is 28.7 Å². The molecule has 0 spiro atoms. The SMILES string of the molecule is Cc1ccc(C(=O)[C@@H](C)Sc2nnc(C3CC3)n2Cc2ccccc2)cc1. The summed E-state index contributed by atoms with van der Waals surface area (Å²) in [5.74, 6) is 1.69. The topological polar surface area (TPSA) is 47.8 Å². The van der Waals surface area contributed by atoms with Gasteiger partial charge in [0.05, 0.1) is 11.8 Å². The van der Waals surface area contributed by atoms with Gasteiger partial charge in [-0.05, 0) is 32.3 Å². The molecular formula is C22H23N3OS. The van der Waals surface area contributed by atoms with Crippen molar-refractivity contribution in [2.75, 3.05) is 0 Å². The maximum absolute atomic E-state index is 12.8. The second-order valence-corrected chi connectivity index (χ2v) is 8.49. The zero-order valence-corrected chi connectivity index (χ0v) is 16.4. The molecule has 0 aliphatic heterocycles. The van der Waals surface area contributed by atoms with Crippen molar-refractivity contribution >= 4 is 17.5 Å². The van der Waals surface area contributed by atoms with Crippen LogP contribution in [-0.4, -0.2) is 25.8 Å². The van der Waals surface area contributed by atoms with Crippen LogP contribution in [0.25, 0.3) is 0 Å². The van der Waals surface area contributed by atoms with E-state index in [4.69, 9.17) is 0 Å². The molecule has 5 heteroatoms. The van der Waals surface area contributed by atoms with Gasteiger partial charge in [-0.3, -0.25) is 4.79 Å². The first-order chi connectivity index (χ1) is 13.1. The van der Waals surface area contributed by atoms with Crippen molar-refractivity contribution in [3.63, 3.8) is 0 Å². The lowest BCUT2D eigenvalue weighted by atomic mass is 10.1. The fraction of sp³-hybridized carbons (Fsp3) is 0.318. The third-order valence-electron chi connectivity index (χ3n) is 4.86. The van der Waals surface area contributed by atoms with E-state index in [-0.39, 0.29) is 11.0 Å². The minimum atomic E-state index is -0.210. The van der Waals surface area contributed by atoms with Gasteiger partial charge in [0.15, 0.2) is 10.9 Å². The molecular weight excluding hydrogens is 354 g/mol. The number of aryl methyl sites for hydroxylation is 1. The largest absolute Gasteiger partial charge is 0.301 e. The van der Waals surface area contributed by atoms with Crippen LogP contribution in [0.1, 0.15) is 53.0 Å². The van der Waals surface area contributed by atoms with Crippen molar-refractivity contribution in [1.29, 1.82) is 0 Å². The Balaban J connectivity index is 1.56. The van der Waals surface area contributed by atoms with Crippen LogP contribution in [0.2, 0.25) is 0 Å². The van der Waals surface area contributed by atoms with Gasteiger partial charge in [0.25, 0.3) is 0 Å². The number of carbonyl (C=O) groups is 1. The summed E-state index contributed by atoms with van der Waals surface area (Å²) in [5.41, 5.74) is 3.12. The number of rotatable bonds is 7. The molecule has 1 atom stereocenters. The number of nitrogens with zero attached hydrogens (tertiary/aromatic N) is 3. The van der Waals surface area contributed by atoms with Crippen molar-refractivity contribution in [2.45, 2.75) is 49.6 Å². The van der Waals surface area contributed by atoms with Gasteiger partial charge in [-0.15, -0.1) is 10.2 Å². The highest BCUT2D eigenvalue weighted by molar-refractivity contribution is 8.00. The molecule has 1 aliphatic rings. The predicted octanol–water partition coefficient (Wildman–Crippen LogP) is 4.88. The van der Waals surface area contributed by atoms with Gasteiger partial charge < -0.3 is 4.57 Å². The van der Waals surface area contributed by atoms with Crippen LogP contribution >= 0.6 is 11.8 Å². The first kappa shape index (κ1) is 18.0. The summed E-state index contributed by atoms with van der Waals surface area (Å²) >= 11 is 1.50. The number of hydrogen-bond donors (Lipinski definition) is 0. The molecule has 1 aromatic heterocycles. The third kappa shape index (κ3) is 4.14. The summed E-state index contributed by atoms with van der Waals surface area (Å²) in [6.07, 6.45) is 2.35. The maximum Gasteiger partial charge on any atom is 0.192 e. The van der Waals surface area contributed by atoms with E-state index >= 15 is 0 Å². The smallest absolute Gasteiger partial charge is 0.192 e. The second-order valence-electron chi connectivity index (χ2n) is 7.18. The number of benzene rings is 2. The molecule has 27 heavy (non-hydrogen) atoms. The molecule has 3 aromatic rings. The molecule has 0 unspecified atom stereocenters. The Morgan fingerprint density at radius 2 is 1.81 bits per heavy atom. The standard InChI is InChI=1S/C22H23N3OS/c1-15-8-10-18(11-9-15)20(26)16(2)27-22-24-23-21(19-12-13-19)25(22)14-17-6-4-3-5-7-17/h3-11,16,19H,12-14H2,1-2H3/t16-/m1/s1. The number of thioether (sulfide) groups is 1. The molecule has 2 aromatic carbocycles. The predicted molar refractivity (Wildman–Crippen MR) is 108 cm³/mol. The van der Waals surface area contributed by atoms with Gasteiger partial charge in [-0.25, -0.2) is 0 Å². The van der Waals surface area contributed by atoms with Gasteiger partial charge in [-0.1, -0.05) is 71.9 Å². The Morgan fingerprint density at radius 1 is 1.11 bits per heavy atom. The quantitative estimate of drug-likeness (QED) is 0.435. The lowest BCUT2D eigenvalue weighted by molar-refractivity contribution is 0.0994. The van der Waals surface area contributed by atoms with Crippen LogP contribution in [-0.2, 0) is 6.54 Å². The van der Waals surface area contributed by atoms with Crippen LogP contribution in [0, 0.1) is 6.92 Å². The van der Waals surface area contributed by atoms with Gasteiger partial charge in [0.1, 0.15) is 5.82 Å². The summed E-state index contributed by atoms with van der Waals surface area (Å²) in [6, 6.07) is 18.1. The highest BCUT2D eigenvalue weighted by atomic mass is 32.2. The van der Waals surface area contributed by atoms with E-state index in [1.807, 2.05) is 56.3 Å². The van der Waals surface area contributed by atoms with E-state index in [1.165, 1.54) is 30.2 Å². The van der Waals surface area contributed by atoms with E-state index in [2.05, 4.69) is 26.9 Å². The van der Waals surface area contributed by atoms with Crippen molar-refractivity contribution < 1.29 is 4.79 Å². The number of hydrogen-bond acceptors (Lipinski definition) is 4. The van der Waals surface area contributed by atoms with Crippen LogP contribution < -0.4 is 0 Å². The Kier molecular flexibility index (Phi) is 5.12. The Bertz CT molecular complexity index is 930. The van der Waals surface area contributed by atoms with Crippen LogP contribution in [0.5, 0.6) is 0 Å². The molecule has 0 radical (unpaired) electrons. The zero-order valence-electron chi connectivity index (χ0n) is 15.6. The normalized spacial score (nSPS) is 14.9. The fourth-order valence-electron chi connectivity index (χ4n) is 3.11. The van der Waals surface area contributed by atoms with Crippen molar-refractivity contribution in [3.8, 4) is 0 Å². The lowest BCUT2D eigenvalue weighted by Gasteiger charge is -2.13. The first-order valence-corrected chi connectivity index (χ1v) is 10.2. The molecule has 1 saturated carbocycles. The Labute approximate surface area is 164 Å². The molecule has 1 fully saturated rings. The van der Waals surface area contributed by atoms with Crippen molar-refractivity contribution in [1.82, 2.24) is 14.8 Å². The lowest BCUT2D eigenvalue weighted by Crippen LogP contribution is -2.15. The van der Waals surface area contributed by atoms with Gasteiger partial charge >= 0.3 is 0 Å². The van der Waals surface area contributed by atoms with Gasteiger partial charge in [-0.2, -0.15) is 0 Å². The van der Waals surface area contributed by atoms with Crippen LogP contribution in [0.3, 0.4) is 0 Å². The third-order valence-corrected chi connectivity index (χ3v) is 5.94. The summed E-state index contributed by atoms with van der Waals surface area (Å²) in [6.45, 7) is 4.72. The second kappa shape index (κ2) is 7.69. The van der Waals surface area contributed by atoms with Gasteiger partial charge in [0.2, 0.25) is 0 Å². The fourth-order valence-corrected chi connectivity index (χ4v) is 4.04. The Morgan fingerprint density at radius 3 is 2.48 bits per heavy atom. The average Bonchev–Trinajstić information content (AvgIpc) is 3.46. The van der Waals surface area contributed by atoms with Crippen molar-refractivity contribution in [2.24, 2.45) is 0 Å². The molecule has 1 aliphatic carbocycles. The zero-order chi connectivity index (χ0) is 18.8. The Hall–Kier alpha value is -2.40. The minimum Gasteiger partial charge on any atom is -0.301 e. The van der Waals surface area contributed by atoms with E-state index < -0.39 is 0 Å². The number of aromatic nitrogens is 3. The molecule has 1 heterocycles. The average molecular weight is 378 g/mol.